The van der Waals surface area contributed by atoms with Crippen molar-refractivity contribution in [3.05, 3.63) is 35.9 Å². The van der Waals surface area contributed by atoms with Gasteiger partial charge >= 0.3 is 0 Å². The maximum Gasteiger partial charge on any atom is 0.0234 e. The normalized spacial score (nSPS) is 34.2. The zero-order chi connectivity index (χ0) is 11.0. The molecule has 2 aliphatic heterocycles. The topological polar surface area (TPSA) is 15.3 Å². The van der Waals surface area contributed by atoms with E-state index in [9.17, 15) is 0 Å². The van der Waals surface area contributed by atoms with Crippen LogP contribution in [0.2, 0.25) is 0 Å². The molecule has 2 heteroatoms. The Hall–Kier alpha value is -0.860. The van der Waals surface area contributed by atoms with E-state index in [2.05, 4.69) is 47.5 Å². The van der Waals surface area contributed by atoms with E-state index in [1.165, 1.54) is 31.7 Å². The van der Waals surface area contributed by atoms with Crippen LogP contribution in [-0.2, 0) is 6.54 Å². The molecule has 0 radical (unpaired) electrons. The average Bonchev–Trinajstić information content (AvgIpc) is 2.74. The number of likely N-dealkylation sites (tertiary alicyclic amines) is 1. The molecule has 3 rings (SSSR count). The molecule has 0 spiro atoms. The zero-order valence-corrected chi connectivity index (χ0v) is 9.95. The van der Waals surface area contributed by atoms with Gasteiger partial charge in [-0.3, -0.25) is 4.90 Å². The Labute approximate surface area is 97.6 Å². The molecule has 2 fully saturated rings. The van der Waals surface area contributed by atoms with Crippen molar-refractivity contribution in [2.45, 2.75) is 13.5 Å². The Morgan fingerprint density at radius 3 is 2.94 bits per heavy atom. The Balaban J connectivity index is 1.67. The van der Waals surface area contributed by atoms with E-state index >= 15 is 0 Å². The highest BCUT2D eigenvalue weighted by Gasteiger charge is 2.45. The lowest BCUT2D eigenvalue weighted by Crippen LogP contribution is -2.29. The van der Waals surface area contributed by atoms with Crippen LogP contribution in [0.1, 0.15) is 12.5 Å². The molecule has 2 nitrogen and oxygen atoms in total. The fraction of sp³-hybridized carbons (Fsp3) is 0.571. The molecule has 0 bridgehead atoms. The third-order valence-corrected chi connectivity index (χ3v) is 4.22. The van der Waals surface area contributed by atoms with Gasteiger partial charge in [-0.2, -0.15) is 0 Å². The molecular formula is C14H20N2. The van der Waals surface area contributed by atoms with Crippen LogP contribution in [0.3, 0.4) is 0 Å². The molecule has 0 amide bonds. The van der Waals surface area contributed by atoms with E-state index in [0.717, 1.165) is 12.5 Å². The maximum atomic E-state index is 3.52. The lowest BCUT2D eigenvalue weighted by molar-refractivity contribution is 0.272. The van der Waals surface area contributed by atoms with Crippen molar-refractivity contribution in [2.24, 2.45) is 11.3 Å². The second-order valence-corrected chi connectivity index (χ2v) is 5.64. The van der Waals surface area contributed by atoms with E-state index in [-0.39, 0.29) is 0 Å². The molecule has 0 unspecified atom stereocenters. The molecule has 2 heterocycles. The smallest absolute Gasteiger partial charge is 0.0234 e. The van der Waals surface area contributed by atoms with Gasteiger partial charge in [0.2, 0.25) is 0 Å². The Bertz CT molecular complexity index is 362. The van der Waals surface area contributed by atoms with Crippen LogP contribution in [-0.4, -0.2) is 31.1 Å². The van der Waals surface area contributed by atoms with Gasteiger partial charge in [0.1, 0.15) is 0 Å². The second kappa shape index (κ2) is 3.86. The summed E-state index contributed by atoms with van der Waals surface area (Å²) < 4.78 is 0. The van der Waals surface area contributed by atoms with Crippen LogP contribution >= 0.6 is 0 Å². The first-order valence-corrected chi connectivity index (χ1v) is 6.23. The highest BCUT2D eigenvalue weighted by atomic mass is 15.2. The molecule has 1 N–H and O–H groups in total. The van der Waals surface area contributed by atoms with E-state index in [1.807, 2.05) is 0 Å². The molecular weight excluding hydrogens is 196 g/mol. The van der Waals surface area contributed by atoms with Crippen molar-refractivity contribution in [3.8, 4) is 0 Å². The first-order chi connectivity index (χ1) is 7.76. The largest absolute Gasteiger partial charge is 0.316 e. The third-order valence-electron chi connectivity index (χ3n) is 4.22. The van der Waals surface area contributed by atoms with Crippen LogP contribution in [0.25, 0.3) is 0 Å². The summed E-state index contributed by atoms with van der Waals surface area (Å²) in [6, 6.07) is 10.8. The van der Waals surface area contributed by atoms with Crippen molar-refractivity contribution < 1.29 is 0 Å². The van der Waals surface area contributed by atoms with Gasteiger partial charge in [-0.05, 0) is 23.4 Å². The minimum absolute atomic E-state index is 0.523. The van der Waals surface area contributed by atoms with Crippen LogP contribution in [0.15, 0.2) is 30.3 Å². The maximum absolute atomic E-state index is 3.52. The monoisotopic (exact) mass is 216 g/mol. The van der Waals surface area contributed by atoms with E-state index in [0.29, 0.717) is 5.41 Å². The Kier molecular flexibility index (Phi) is 2.49. The molecule has 86 valence electrons. The summed E-state index contributed by atoms with van der Waals surface area (Å²) in [4.78, 5) is 2.61. The number of fused-ring (bicyclic) bond motifs is 1. The number of hydrogen-bond donors (Lipinski definition) is 1. The van der Waals surface area contributed by atoms with Gasteiger partial charge < -0.3 is 5.32 Å². The number of nitrogens with zero attached hydrogens (tertiary/aromatic N) is 1. The quantitative estimate of drug-likeness (QED) is 0.810. The fourth-order valence-corrected chi connectivity index (χ4v) is 3.24. The SMILES string of the molecule is C[C@]12CNC[C@H]1CN(Cc1ccccc1)C2. The predicted octanol–water partition coefficient (Wildman–Crippen LogP) is 1.73. The minimum Gasteiger partial charge on any atom is -0.316 e. The van der Waals surface area contributed by atoms with Gasteiger partial charge in [0.25, 0.3) is 0 Å². The molecule has 2 saturated heterocycles. The molecule has 2 atom stereocenters. The summed E-state index contributed by atoms with van der Waals surface area (Å²) >= 11 is 0. The molecule has 1 aromatic rings. The van der Waals surface area contributed by atoms with Gasteiger partial charge in [-0.15, -0.1) is 0 Å². The summed E-state index contributed by atoms with van der Waals surface area (Å²) in [5.74, 6) is 0.858. The highest BCUT2D eigenvalue weighted by Crippen LogP contribution is 2.38. The van der Waals surface area contributed by atoms with Crippen molar-refractivity contribution in [3.63, 3.8) is 0 Å². The predicted molar refractivity (Wildman–Crippen MR) is 66.2 cm³/mol. The summed E-state index contributed by atoms with van der Waals surface area (Å²) in [6.45, 7) is 8.47. The molecule has 0 saturated carbocycles. The molecule has 0 aliphatic carbocycles. The number of hydrogen-bond acceptors (Lipinski definition) is 2. The van der Waals surface area contributed by atoms with Crippen LogP contribution in [0, 0.1) is 11.3 Å². The summed E-state index contributed by atoms with van der Waals surface area (Å²) in [5, 5.41) is 3.52. The van der Waals surface area contributed by atoms with Gasteiger partial charge in [0.15, 0.2) is 0 Å². The van der Waals surface area contributed by atoms with Crippen LogP contribution in [0.5, 0.6) is 0 Å². The van der Waals surface area contributed by atoms with Crippen molar-refractivity contribution in [1.82, 2.24) is 10.2 Å². The van der Waals surface area contributed by atoms with Gasteiger partial charge in [0.05, 0.1) is 0 Å². The van der Waals surface area contributed by atoms with E-state index in [4.69, 9.17) is 0 Å². The first kappa shape index (κ1) is 10.3. The number of rotatable bonds is 2. The third kappa shape index (κ3) is 1.76. The van der Waals surface area contributed by atoms with Gasteiger partial charge in [0, 0.05) is 26.2 Å². The number of benzene rings is 1. The summed E-state index contributed by atoms with van der Waals surface area (Å²) in [5.41, 5.74) is 1.97. The minimum atomic E-state index is 0.523. The fourth-order valence-electron chi connectivity index (χ4n) is 3.24. The summed E-state index contributed by atoms with van der Waals surface area (Å²) in [7, 11) is 0. The Morgan fingerprint density at radius 1 is 1.38 bits per heavy atom. The standard InChI is InChI=1S/C14H20N2/c1-14-10-15-7-13(14)9-16(11-14)8-12-5-3-2-4-6-12/h2-6,13,15H,7-11H2,1H3/t13-,14+/m0/s1. The van der Waals surface area contributed by atoms with Crippen molar-refractivity contribution in [1.29, 1.82) is 0 Å². The van der Waals surface area contributed by atoms with Crippen molar-refractivity contribution in [2.75, 3.05) is 26.2 Å². The zero-order valence-electron chi connectivity index (χ0n) is 9.95. The van der Waals surface area contributed by atoms with Crippen LogP contribution < -0.4 is 5.32 Å². The van der Waals surface area contributed by atoms with Gasteiger partial charge in [-0.25, -0.2) is 0 Å². The molecule has 1 aromatic carbocycles. The van der Waals surface area contributed by atoms with Crippen molar-refractivity contribution >= 4 is 0 Å². The molecule has 2 aliphatic rings. The summed E-state index contributed by atoms with van der Waals surface area (Å²) in [6.07, 6.45) is 0. The molecule has 0 aromatic heterocycles. The van der Waals surface area contributed by atoms with Crippen LogP contribution in [0.4, 0.5) is 0 Å². The second-order valence-electron chi connectivity index (χ2n) is 5.64. The lowest BCUT2D eigenvalue weighted by atomic mass is 9.83. The van der Waals surface area contributed by atoms with E-state index in [1.54, 1.807) is 0 Å². The number of nitrogens with one attached hydrogen (secondary N) is 1. The average molecular weight is 216 g/mol. The highest BCUT2D eigenvalue weighted by molar-refractivity contribution is 5.15. The lowest BCUT2D eigenvalue weighted by Gasteiger charge is -2.22. The van der Waals surface area contributed by atoms with Gasteiger partial charge in [-0.1, -0.05) is 37.3 Å². The van der Waals surface area contributed by atoms with E-state index < -0.39 is 0 Å². The Morgan fingerprint density at radius 2 is 2.19 bits per heavy atom. The molecule has 16 heavy (non-hydrogen) atoms. The first-order valence-electron chi connectivity index (χ1n) is 6.23.